The summed E-state index contributed by atoms with van der Waals surface area (Å²) in [5.41, 5.74) is 2.17. The molecule has 1 aromatic carbocycles. The molecule has 0 radical (unpaired) electrons. The molecular weight excluding hydrogens is 260 g/mol. The number of hydrogen-bond acceptors (Lipinski definition) is 3. The maximum absolute atomic E-state index is 11.6. The zero-order valence-electron chi connectivity index (χ0n) is 11.7. The second kappa shape index (κ2) is 7.09. The predicted octanol–water partition coefficient (Wildman–Crippen LogP) is 2.87. The van der Waals surface area contributed by atoms with Crippen LogP contribution in [0.3, 0.4) is 0 Å². The van der Waals surface area contributed by atoms with Crippen molar-refractivity contribution in [3.8, 4) is 0 Å². The third-order valence-corrected chi connectivity index (χ3v) is 3.20. The average molecular weight is 280 g/mol. The number of nitrogens with one attached hydrogen (secondary N) is 2. The molecule has 0 aromatic heterocycles. The number of carbonyl (C=O) groups is 1. The lowest BCUT2D eigenvalue weighted by molar-refractivity contribution is 0.0600. The topological polar surface area (TPSA) is 50.4 Å². The molecule has 0 aliphatic carbocycles. The van der Waals surface area contributed by atoms with Crippen LogP contribution in [0.4, 0.5) is 5.69 Å². The van der Waals surface area contributed by atoms with Crippen molar-refractivity contribution in [1.29, 1.82) is 0 Å². The van der Waals surface area contributed by atoms with Gasteiger partial charge in [0.2, 0.25) is 0 Å². The fourth-order valence-electron chi connectivity index (χ4n) is 1.59. The van der Waals surface area contributed by atoms with Crippen LogP contribution in [0.5, 0.6) is 0 Å². The number of rotatable bonds is 4. The Morgan fingerprint density at radius 3 is 2.74 bits per heavy atom. The Bertz CT molecular complexity index is 475. The van der Waals surface area contributed by atoms with Crippen LogP contribution in [-0.2, 0) is 4.74 Å². The zero-order chi connectivity index (χ0) is 14.4. The Morgan fingerprint density at radius 2 is 2.16 bits per heavy atom. The first-order valence-corrected chi connectivity index (χ1v) is 6.65. The van der Waals surface area contributed by atoms with Crippen molar-refractivity contribution in [2.45, 2.75) is 33.2 Å². The van der Waals surface area contributed by atoms with Crippen molar-refractivity contribution in [3.05, 3.63) is 29.3 Å². The molecular formula is C14H20N2O2S. The van der Waals surface area contributed by atoms with E-state index in [0.29, 0.717) is 16.7 Å². The average Bonchev–Trinajstić information content (AvgIpc) is 2.40. The third-order valence-electron chi connectivity index (χ3n) is 2.98. The number of methoxy groups -OCH3 is 1. The predicted molar refractivity (Wildman–Crippen MR) is 81.6 cm³/mol. The molecule has 0 amide bonds. The molecule has 0 heterocycles. The normalized spacial score (nSPS) is 11.6. The molecule has 1 atom stereocenters. The number of anilines is 1. The summed E-state index contributed by atoms with van der Waals surface area (Å²) < 4.78 is 4.74. The molecule has 1 aromatic rings. The number of ether oxygens (including phenoxy) is 1. The van der Waals surface area contributed by atoms with Gasteiger partial charge in [-0.1, -0.05) is 13.0 Å². The Morgan fingerprint density at radius 1 is 1.47 bits per heavy atom. The van der Waals surface area contributed by atoms with E-state index in [9.17, 15) is 4.79 Å². The summed E-state index contributed by atoms with van der Waals surface area (Å²) in [6.45, 7) is 6.01. The summed E-state index contributed by atoms with van der Waals surface area (Å²) in [6, 6.07) is 5.72. The SMILES string of the molecule is CCC(C)NC(=S)Nc1cccc(C(=O)OC)c1C. The Balaban J connectivity index is 2.85. The maximum Gasteiger partial charge on any atom is 0.338 e. The van der Waals surface area contributed by atoms with Crippen LogP contribution in [0.2, 0.25) is 0 Å². The Labute approximate surface area is 119 Å². The number of benzene rings is 1. The van der Waals surface area contributed by atoms with Crippen molar-refractivity contribution in [3.63, 3.8) is 0 Å². The minimum Gasteiger partial charge on any atom is -0.465 e. The van der Waals surface area contributed by atoms with Crippen molar-refractivity contribution >= 4 is 29.0 Å². The number of hydrogen-bond donors (Lipinski definition) is 2. The minimum atomic E-state index is -0.345. The second-order valence-electron chi connectivity index (χ2n) is 4.38. The highest BCUT2D eigenvalue weighted by Gasteiger charge is 2.12. The van der Waals surface area contributed by atoms with Crippen LogP contribution in [0, 0.1) is 6.92 Å². The van der Waals surface area contributed by atoms with Crippen LogP contribution in [-0.4, -0.2) is 24.2 Å². The van der Waals surface area contributed by atoms with Gasteiger partial charge in [-0.15, -0.1) is 0 Å². The molecule has 0 spiro atoms. The van der Waals surface area contributed by atoms with E-state index in [-0.39, 0.29) is 5.97 Å². The molecule has 1 rings (SSSR count). The van der Waals surface area contributed by atoms with Gasteiger partial charge in [0.1, 0.15) is 0 Å². The molecule has 0 saturated carbocycles. The molecule has 4 nitrogen and oxygen atoms in total. The van der Waals surface area contributed by atoms with Gasteiger partial charge in [0.25, 0.3) is 0 Å². The molecule has 104 valence electrons. The van der Waals surface area contributed by atoms with Gasteiger partial charge in [-0.05, 0) is 50.2 Å². The number of carbonyl (C=O) groups excluding carboxylic acids is 1. The molecule has 0 fully saturated rings. The van der Waals surface area contributed by atoms with Gasteiger partial charge in [0, 0.05) is 11.7 Å². The fraction of sp³-hybridized carbons (Fsp3) is 0.429. The summed E-state index contributed by atoms with van der Waals surface area (Å²) in [7, 11) is 1.37. The number of thiocarbonyl (C=S) groups is 1. The van der Waals surface area contributed by atoms with Gasteiger partial charge in [0.05, 0.1) is 12.7 Å². The monoisotopic (exact) mass is 280 g/mol. The van der Waals surface area contributed by atoms with Gasteiger partial charge < -0.3 is 15.4 Å². The van der Waals surface area contributed by atoms with E-state index in [1.807, 2.05) is 13.0 Å². The van der Waals surface area contributed by atoms with Crippen LogP contribution < -0.4 is 10.6 Å². The molecule has 0 aliphatic heterocycles. The van der Waals surface area contributed by atoms with E-state index in [2.05, 4.69) is 24.5 Å². The van der Waals surface area contributed by atoms with E-state index in [0.717, 1.165) is 17.7 Å². The highest BCUT2D eigenvalue weighted by molar-refractivity contribution is 7.80. The molecule has 5 heteroatoms. The van der Waals surface area contributed by atoms with Crippen molar-refractivity contribution in [2.24, 2.45) is 0 Å². The Kier molecular flexibility index (Phi) is 5.76. The van der Waals surface area contributed by atoms with Crippen molar-refractivity contribution in [2.75, 3.05) is 12.4 Å². The lowest BCUT2D eigenvalue weighted by Gasteiger charge is -2.17. The highest BCUT2D eigenvalue weighted by atomic mass is 32.1. The molecule has 0 saturated heterocycles. The largest absolute Gasteiger partial charge is 0.465 e. The molecule has 0 aliphatic rings. The smallest absolute Gasteiger partial charge is 0.338 e. The molecule has 1 unspecified atom stereocenters. The molecule has 0 bridgehead atoms. The van der Waals surface area contributed by atoms with Gasteiger partial charge in [-0.3, -0.25) is 0 Å². The summed E-state index contributed by atoms with van der Waals surface area (Å²) in [4.78, 5) is 11.6. The molecule has 2 N–H and O–H groups in total. The first-order chi connectivity index (χ1) is 8.99. The highest BCUT2D eigenvalue weighted by Crippen LogP contribution is 2.19. The quantitative estimate of drug-likeness (QED) is 0.656. The fourth-order valence-corrected chi connectivity index (χ4v) is 1.90. The zero-order valence-corrected chi connectivity index (χ0v) is 12.6. The van der Waals surface area contributed by atoms with Crippen LogP contribution in [0.15, 0.2) is 18.2 Å². The van der Waals surface area contributed by atoms with Crippen LogP contribution >= 0.6 is 12.2 Å². The van der Waals surface area contributed by atoms with Gasteiger partial charge in [-0.25, -0.2) is 4.79 Å². The lowest BCUT2D eigenvalue weighted by Crippen LogP contribution is -2.35. The van der Waals surface area contributed by atoms with Gasteiger partial charge >= 0.3 is 5.97 Å². The van der Waals surface area contributed by atoms with Crippen LogP contribution in [0.25, 0.3) is 0 Å². The summed E-state index contributed by atoms with van der Waals surface area (Å²) >= 11 is 5.24. The lowest BCUT2D eigenvalue weighted by atomic mass is 10.1. The summed E-state index contributed by atoms with van der Waals surface area (Å²) in [6.07, 6.45) is 0.989. The van der Waals surface area contributed by atoms with Gasteiger partial charge in [-0.2, -0.15) is 0 Å². The van der Waals surface area contributed by atoms with Crippen molar-refractivity contribution < 1.29 is 9.53 Å². The summed E-state index contributed by atoms with van der Waals surface area (Å²) in [5, 5.41) is 6.83. The summed E-state index contributed by atoms with van der Waals surface area (Å²) in [5.74, 6) is -0.345. The maximum atomic E-state index is 11.6. The van der Waals surface area contributed by atoms with E-state index in [1.54, 1.807) is 12.1 Å². The van der Waals surface area contributed by atoms with Gasteiger partial charge in [0.15, 0.2) is 5.11 Å². The molecule has 19 heavy (non-hydrogen) atoms. The second-order valence-corrected chi connectivity index (χ2v) is 4.79. The van der Waals surface area contributed by atoms with E-state index in [4.69, 9.17) is 17.0 Å². The standard InChI is InChI=1S/C14H20N2O2S/c1-5-9(2)15-14(19)16-12-8-6-7-11(10(12)3)13(17)18-4/h6-9H,5H2,1-4H3,(H2,15,16,19). The van der Waals surface area contributed by atoms with E-state index >= 15 is 0 Å². The first kappa shape index (κ1) is 15.4. The van der Waals surface area contributed by atoms with Crippen LogP contribution in [0.1, 0.15) is 36.2 Å². The third kappa shape index (κ3) is 4.21. The van der Waals surface area contributed by atoms with Crippen molar-refractivity contribution in [1.82, 2.24) is 5.32 Å². The first-order valence-electron chi connectivity index (χ1n) is 6.25. The van der Waals surface area contributed by atoms with E-state index < -0.39 is 0 Å². The minimum absolute atomic E-state index is 0.309. The number of esters is 1. The Hall–Kier alpha value is -1.62. The van der Waals surface area contributed by atoms with E-state index in [1.165, 1.54) is 7.11 Å².